The van der Waals surface area contributed by atoms with Gasteiger partial charge in [-0.2, -0.15) is 0 Å². The average Bonchev–Trinajstić information content (AvgIpc) is 2.59. The number of carbonyl (C=O) groups is 1. The molecule has 2 N–H and O–H groups in total. The van der Waals surface area contributed by atoms with Crippen LogP contribution >= 0.6 is 0 Å². The highest BCUT2D eigenvalue weighted by atomic mass is 16.5. The Kier molecular flexibility index (Phi) is 7.44. The summed E-state index contributed by atoms with van der Waals surface area (Å²) >= 11 is 0. The van der Waals surface area contributed by atoms with Crippen LogP contribution in [0.4, 0.5) is 5.69 Å². The van der Waals surface area contributed by atoms with E-state index in [4.69, 9.17) is 4.74 Å². The first-order valence-corrected chi connectivity index (χ1v) is 8.46. The molecule has 0 saturated heterocycles. The van der Waals surface area contributed by atoms with Crippen LogP contribution in [0.25, 0.3) is 0 Å². The third-order valence-corrected chi connectivity index (χ3v) is 3.67. The summed E-state index contributed by atoms with van der Waals surface area (Å²) < 4.78 is 5.60. The summed E-state index contributed by atoms with van der Waals surface area (Å²) in [5, 5.41) is 6.21. The third kappa shape index (κ3) is 7.37. The van der Waals surface area contributed by atoms with Gasteiger partial charge in [-0.15, -0.1) is 0 Å². The number of rotatable bonds is 9. The standard InChI is InChI=1S/C20H27N3O2/c1-16-7-9-18(10-8-16)22-20(24)15-25-19-6-4-5-17(13-19)14-21-11-12-23(2)3/h4-10,13,21H,11-12,14-15H2,1-3H3,(H,22,24). The molecule has 0 aromatic heterocycles. The zero-order valence-corrected chi connectivity index (χ0v) is 15.2. The molecule has 0 aliphatic rings. The summed E-state index contributed by atoms with van der Waals surface area (Å²) in [6.07, 6.45) is 0. The zero-order valence-electron chi connectivity index (χ0n) is 15.2. The van der Waals surface area contributed by atoms with Crippen LogP contribution in [0.2, 0.25) is 0 Å². The van der Waals surface area contributed by atoms with Gasteiger partial charge in [0, 0.05) is 25.3 Å². The topological polar surface area (TPSA) is 53.6 Å². The van der Waals surface area contributed by atoms with Gasteiger partial charge in [-0.1, -0.05) is 29.8 Å². The van der Waals surface area contributed by atoms with E-state index >= 15 is 0 Å². The van der Waals surface area contributed by atoms with Gasteiger partial charge in [0.2, 0.25) is 0 Å². The van der Waals surface area contributed by atoms with Crippen LogP contribution in [-0.2, 0) is 11.3 Å². The molecule has 0 saturated carbocycles. The molecule has 25 heavy (non-hydrogen) atoms. The molecule has 0 aliphatic heterocycles. The molecule has 5 nitrogen and oxygen atoms in total. The molecule has 2 aromatic rings. The fourth-order valence-corrected chi connectivity index (χ4v) is 2.26. The van der Waals surface area contributed by atoms with Gasteiger partial charge in [0.15, 0.2) is 6.61 Å². The van der Waals surface area contributed by atoms with Crippen molar-refractivity contribution in [3.8, 4) is 5.75 Å². The minimum Gasteiger partial charge on any atom is -0.484 e. The lowest BCUT2D eigenvalue weighted by Crippen LogP contribution is -2.26. The highest BCUT2D eigenvalue weighted by Gasteiger charge is 2.04. The Morgan fingerprint density at radius 3 is 2.60 bits per heavy atom. The minimum absolute atomic E-state index is 0.00854. The SMILES string of the molecule is Cc1ccc(NC(=O)COc2cccc(CNCCN(C)C)c2)cc1. The van der Waals surface area contributed by atoms with E-state index in [0.29, 0.717) is 5.75 Å². The van der Waals surface area contributed by atoms with Gasteiger partial charge in [0.1, 0.15) is 5.75 Å². The first kappa shape index (κ1) is 19.0. The van der Waals surface area contributed by atoms with Gasteiger partial charge >= 0.3 is 0 Å². The predicted octanol–water partition coefficient (Wildman–Crippen LogP) is 2.66. The van der Waals surface area contributed by atoms with Crippen molar-refractivity contribution in [2.45, 2.75) is 13.5 Å². The summed E-state index contributed by atoms with van der Waals surface area (Å²) in [4.78, 5) is 14.1. The number of aryl methyl sites for hydroxylation is 1. The normalized spacial score (nSPS) is 10.7. The van der Waals surface area contributed by atoms with Gasteiger partial charge < -0.3 is 20.3 Å². The number of nitrogens with zero attached hydrogens (tertiary/aromatic N) is 1. The molecule has 0 aliphatic carbocycles. The van der Waals surface area contributed by atoms with Crippen LogP contribution < -0.4 is 15.4 Å². The molecule has 0 unspecified atom stereocenters. The maximum Gasteiger partial charge on any atom is 0.262 e. The van der Waals surface area contributed by atoms with Gasteiger partial charge in [-0.25, -0.2) is 0 Å². The fourth-order valence-electron chi connectivity index (χ4n) is 2.26. The maximum atomic E-state index is 12.0. The van der Waals surface area contributed by atoms with Gasteiger partial charge in [0.05, 0.1) is 0 Å². The second kappa shape index (κ2) is 9.81. The van der Waals surface area contributed by atoms with E-state index in [-0.39, 0.29) is 12.5 Å². The summed E-state index contributed by atoms with van der Waals surface area (Å²) in [5.41, 5.74) is 3.07. The van der Waals surface area contributed by atoms with Gasteiger partial charge in [0.25, 0.3) is 5.91 Å². The first-order chi connectivity index (χ1) is 12.0. The number of benzene rings is 2. The van der Waals surface area contributed by atoms with E-state index in [1.165, 1.54) is 0 Å². The Bertz CT molecular complexity index is 669. The summed E-state index contributed by atoms with van der Waals surface area (Å²) in [6.45, 7) is 4.70. The van der Waals surface area contributed by atoms with E-state index in [9.17, 15) is 4.79 Å². The summed E-state index contributed by atoms with van der Waals surface area (Å²) in [7, 11) is 4.11. The van der Waals surface area contributed by atoms with Crippen molar-refractivity contribution >= 4 is 11.6 Å². The molecule has 2 aromatic carbocycles. The van der Waals surface area contributed by atoms with E-state index < -0.39 is 0 Å². The second-order valence-electron chi connectivity index (χ2n) is 6.33. The number of hydrogen-bond acceptors (Lipinski definition) is 4. The average molecular weight is 341 g/mol. The Labute approximate surface area is 150 Å². The molecule has 0 heterocycles. The molecule has 0 atom stereocenters. The fraction of sp³-hybridized carbons (Fsp3) is 0.350. The molecule has 1 amide bonds. The van der Waals surface area contributed by atoms with Crippen LogP contribution in [0.15, 0.2) is 48.5 Å². The van der Waals surface area contributed by atoms with Gasteiger partial charge in [-0.3, -0.25) is 4.79 Å². The van der Waals surface area contributed by atoms with Crippen LogP contribution in [-0.4, -0.2) is 44.6 Å². The van der Waals surface area contributed by atoms with E-state index in [1.54, 1.807) is 0 Å². The molecule has 0 bridgehead atoms. The quantitative estimate of drug-likeness (QED) is 0.689. The number of carbonyl (C=O) groups excluding carboxylic acids is 1. The Balaban J connectivity index is 1.77. The monoisotopic (exact) mass is 341 g/mol. The molecule has 5 heteroatoms. The smallest absolute Gasteiger partial charge is 0.262 e. The Hall–Kier alpha value is -2.37. The summed E-state index contributed by atoms with van der Waals surface area (Å²) in [5.74, 6) is 0.532. The lowest BCUT2D eigenvalue weighted by Gasteiger charge is -2.11. The van der Waals surface area contributed by atoms with Crippen molar-refractivity contribution in [2.75, 3.05) is 39.1 Å². The van der Waals surface area contributed by atoms with Crippen molar-refractivity contribution in [2.24, 2.45) is 0 Å². The highest BCUT2D eigenvalue weighted by molar-refractivity contribution is 5.91. The van der Waals surface area contributed by atoms with Crippen molar-refractivity contribution < 1.29 is 9.53 Å². The lowest BCUT2D eigenvalue weighted by atomic mass is 10.2. The molecule has 0 spiro atoms. The van der Waals surface area contributed by atoms with Crippen molar-refractivity contribution in [1.82, 2.24) is 10.2 Å². The number of nitrogens with one attached hydrogen (secondary N) is 2. The molecule has 0 fully saturated rings. The first-order valence-electron chi connectivity index (χ1n) is 8.46. The van der Waals surface area contributed by atoms with E-state index in [2.05, 4.69) is 29.6 Å². The summed E-state index contributed by atoms with van der Waals surface area (Å²) in [6, 6.07) is 15.5. The predicted molar refractivity (Wildman–Crippen MR) is 102 cm³/mol. The molecule has 0 radical (unpaired) electrons. The van der Waals surface area contributed by atoms with Crippen LogP contribution in [0, 0.1) is 6.92 Å². The number of amides is 1. The molecule has 134 valence electrons. The van der Waals surface area contributed by atoms with Crippen LogP contribution in [0.3, 0.4) is 0 Å². The highest BCUT2D eigenvalue weighted by Crippen LogP contribution is 2.14. The largest absolute Gasteiger partial charge is 0.484 e. The van der Waals surface area contributed by atoms with Crippen molar-refractivity contribution in [3.63, 3.8) is 0 Å². The van der Waals surface area contributed by atoms with E-state index in [1.807, 2.05) is 55.5 Å². The Morgan fingerprint density at radius 1 is 1.12 bits per heavy atom. The van der Waals surface area contributed by atoms with Gasteiger partial charge in [-0.05, 0) is 50.8 Å². The number of anilines is 1. The molecular weight excluding hydrogens is 314 g/mol. The van der Waals surface area contributed by atoms with Crippen molar-refractivity contribution in [3.05, 3.63) is 59.7 Å². The number of hydrogen-bond donors (Lipinski definition) is 2. The lowest BCUT2D eigenvalue weighted by molar-refractivity contribution is -0.118. The van der Waals surface area contributed by atoms with Crippen LogP contribution in [0.1, 0.15) is 11.1 Å². The molecular formula is C20H27N3O2. The zero-order chi connectivity index (χ0) is 18.1. The van der Waals surface area contributed by atoms with Crippen LogP contribution in [0.5, 0.6) is 5.75 Å². The third-order valence-electron chi connectivity index (χ3n) is 3.67. The number of ether oxygens (including phenoxy) is 1. The Morgan fingerprint density at radius 2 is 1.88 bits per heavy atom. The number of likely N-dealkylation sites (N-methyl/N-ethyl adjacent to an activating group) is 1. The molecule has 2 rings (SSSR count). The minimum atomic E-state index is -0.168. The maximum absolute atomic E-state index is 12.0. The van der Waals surface area contributed by atoms with Crippen molar-refractivity contribution in [1.29, 1.82) is 0 Å². The second-order valence-corrected chi connectivity index (χ2v) is 6.33. The van der Waals surface area contributed by atoms with E-state index in [0.717, 1.165) is 36.4 Å².